The summed E-state index contributed by atoms with van der Waals surface area (Å²) in [4.78, 5) is 11.6. The van der Waals surface area contributed by atoms with E-state index in [0.717, 1.165) is 0 Å². The highest BCUT2D eigenvalue weighted by atomic mass is 32.2. The second-order valence-corrected chi connectivity index (χ2v) is 9.30. The van der Waals surface area contributed by atoms with Gasteiger partial charge in [-0.1, -0.05) is 0 Å². The first-order valence-electron chi connectivity index (χ1n) is 7.15. The van der Waals surface area contributed by atoms with E-state index in [-0.39, 0.29) is 6.42 Å². The summed E-state index contributed by atoms with van der Waals surface area (Å²) in [7, 11) is -10.6. The molecule has 5 atom stereocenters. The van der Waals surface area contributed by atoms with Gasteiger partial charge in [0.25, 0.3) is 10.1 Å². The second-order valence-electron chi connectivity index (χ2n) is 6.10. The molecule has 0 spiro atoms. The number of esters is 1. The van der Waals surface area contributed by atoms with E-state index in [2.05, 4.69) is 0 Å². The van der Waals surface area contributed by atoms with Crippen LogP contribution in [0.1, 0.15) is 19.3 Å². The lowest BCUT2D eigenvalue weighted by atomic mass is 9.94. The number of rotatable bonds is 6. The highest BCUT2D eigenvalue weighted by Gasteiger charge is 2.67. The number of hydrogen-bond acceptors (Lipinski definition) is 9. The molecule has 0 aliphatic carbocycles. The van der Waals surface area contributed by atoms with Crippen LogP contribution in [0, 0.1) is 0 Å². The van der Waals surface area contributed by atoms with Crippen LogP contribution in [0.5, 0.6) is 0 Å². The summed E-state index contributed by atoms with van der Waals surface area (Å²) in [6, 6.07) is 0. The molecule has 0 saturated carbocycles. The molecule has 3 saturated heterocycles. The summed E-state index contributed by atoms with van der Waals surface area (Å²) in [5.41, 5.74) is 0. The molecule has 3 heterocycles. The Kier molecular flexibility index (Phi) is 4.35. The molecule has 0 radical (unpaired) electrons. The van der Waals surface area contributed by atoms with E-state index < -0.39 is 79.9 Å². The largest absolute Gasteiger partial charge is 0.743 e. The lowest BCUT2D eigenvalue weighted by Crippen LogP contribution is -2.47. The minimum atomic E-state index is -6.65. The summed E-state index contributed by atoms with van der Waals surface area (Å²) in [6.45, 7) is 0. The SMILES string of the molecule is O=C(CCC(F)(F)C(F)(F)S(=O)(=O)[O-])OC1C2CC3C(O2)C1OS3(=O)=O. The van der Waals surface area contributed by atoms with Crippen LogP contribution < -0.4 is 0 Å². The van der Waals surface area contributed by atoms with Gasteiger partial charge in [0.2, 0.25) is 0 Å². The average Bonchev–Trinajstić information content (AvgIpc) is 3.08. The van der Waals surface area contributed by atoms with Crippen LogP contribution in [0.25, 0.3) is 0 Å². The third-order valence-corrected chi connectivity index (χ3v) is 7.06. The standard InChI is InChI=1S/C11H12F4O9S2/c12-10(13,11(14,15)26(19,20)21)2-1-6(16)23-7-4-3-5-8(22-4)9(7)24-25(5,17)18/h4-5,7-9H,1-3H2,(H,19,20,21)/p-1. The van der Waals surface area contributed by atoms with Crippen molar-refractivity contribution in [2.45, 2.75) is 60.1 Å². The van der Waals surface area contributed by atoms with Crippen LogP contribution in [0.4, 0.5) is 17.6 Å². The minimum absolute atomic E-state index is 0.0376. The zero-order chi connectivity index (χ0) is 19.7. The molecule has 0 aromatic carbocycles. The molecular weight excluding hydrogens is 416 g/mol. The molecule has 5 unspecified atom stereocenters. The first-order valence-corrected chi connectivity index (χ1v) is 10.0. The van der Waals surface area contributed by atoms with Gasteiger partial charge in [0.1, 0.15) is 17.5 Å². The Balaban J connectivity index is 1.61. The van der Waals surface area contributed by atoms with E-state index in [1.165, 1.54) is 0 Å². The van der Waals surface area contributed by atoms with Gasteiger partial charge in [0.15, 0.2) is 16.2 Å². The number of halogens is 4. The molecule has 26 heavy (non-hydrogen) atoms. The fourth-order valence-corrected chi connectivity index (χ4v) is 5.28. The molecule has 3 fully saturated rings. The van der Waals surface area contributed by atoms with Gasteiger partial charge in [0.05, 0.1) is 12.5 Å². The third-order valence-electron chi connectivity index (χ3n) is 4.44. The fourth-order valence-electron chi connectivity index (χ4n) is 3.17. The zero-order valence-electron chi connectivity index (χ0n) is 12.5. The highest BCUT2D eigenvalue weighted by Crippen LogP contribution is 2.48. The summed E-state index contributed by atoms with van der Waals surface area (Å²) in [5.74, 6) is -6.72. The Morgan fingerprint density at radius 1 is 1.23 bits per heavy atom. The van der Waals surface area contributed by atoms with Crippen molar-refractivity contribution in [3.05, 3.63) is 0 Å². The van der Waals surface area contributed by atoms with Crippen molar-refractivity contribution in [3.8, 4) is 0 Å². The first kappa shape index (κ1) is 19.7. The van der Waals surface area contributed by atoms with Gasteiger partial charge in [-0.3, -0.25) is 8.98 Å². The van der Waals surface area contributed by atoms with Gasteiger partial charge < -0.3 is 14.0 Å². The number of hydrogen-bond donors (Lipinski definition) is 0. The van der Waals surface area contributed by atoms with Crippen molar-refractivity contribution < 1.29 is 57.4 Å². The Morgan fingerprint density at radius 3 is 2.42 bits per heavy atom. The van der Waals surface area contributed by atoms with E-state index in [1.807, 2.05) is 0 Å². The van der Waals surface area contributed by atoms with Crippen molar-refractivity contribution in [1.29, 1.82) is 0 Å². The van der Waals surface area contributed by atoms with E-state index in [1.54, 1.807) is 0 Å². The first-order chi connectivity index (χ1) is 11.7. The van der Waals surface area contributed by atoms with Crippen LogP contribution in [-0.4, -0.2) is 68.2 Å². The molecule has 9 nitrogen and oxygen atoms in total. The molecule has 0 amide bonds. The van der Waals surface area contributed by atoms with Gasteiger partial charge in [-0.25, -0.2) is 8.42 Å². The Labute approximate surface area is 144 Å². The van der Waals surface area contributed by atoms with Gasteiger partial charge in [0, 0.05) is 6.42 Å². The molecule has 3 rings (SSSR count). The van der Waals surface area contributed by atoms with Crippen molar-refractivity contribution in [2.75, 3.05) is 0 Å². The predicted molar refractivity (Wildman–Crippen MR) is 69.6 cm³/mol. The summed E-state index contributed by atoms with van der Waals surface area (Å²) >= 11 is 0. The van der Waals surface area contributed by atoms with Gasteiger partial charge in [-0.2, -0.15) is 26.0 Å². The van der Waals surface area contributed by atoms with Crippen molar-refractivity contribution >= 4 is 26.2 Å². The van der Waals surface area contributed by atoms with Crippen LogP contribution >= 0.6 is 0 Å². The maximum atomic E-state index is 13.3. The molecule has 3 aliphatic rings. The van der Waals surface area contributed by atoms with Crippen LogP contribution in [0.2, 0.25) is 0 Å². The molecular formula is C11H11F4O9S2-. The van der Waals surface area contributed by atoms with Crippen LogP contribution in [0.3, 0.4) is 0 Å². The minimum Gasteiger partial charge on any atom is -0.743 e. The molecule has 2 bridgehead atoms. The van der Waals surface area contributed by atoms with Crippen molar-refractivity contribution in [2.24, 2.45) is 0 Å². The molecule has 0 aromatic heterocycles. The van der Waals surface area contributed by atoms with E-state index in [9.17, 15) is 43.7 Å². The predicted octanol–water partition coefficient (Wildman–Crippen LogP) is -0.280. The van der Waals surface area contributed by atoms with Crippen LogP contribution in [-0.2, 0) is 38.7 Å². The normalized spacial score (nSPS) is 35.7. The zero-order valence-corrected chi connectivity index (χ0v) is 14.1. The number of fused-ring (bicyclic) bond motifs is 1. The summed E-state index contributed by atoms with van der Waals surface area (Å²) < 4.78 is 122. The highest BCUT2D eigenvalue weighted by molar-refractivity contribution is 7.87. The van der Waals surface area contributed by atoms with Crippen molar-refractivity contribution in [1.82, 2.24) is 0 Å². The average molecular weight is 427 g/mol. The monoisotopic (exact) mass is 427 g/mol. The van der Waals surface area contributed by atoms with E-state index in [4.69, 9.17) is 13.7 Å². The molecule has 0 N–H and O–H groups in total. The lowest BCUT2D eigenvalue weighted by molar-refractivity contribution is -0.174. The summed E-state index contributed by atoms with van der Waals surface area (Å²) in [5, 5.41) is -6.82. The molecule has 0 aromatic rings. The number of carbonyl (C=O) groups is 1. The molecule has 3 aliphatic heterocycles. The Hall–Kier alpha value is -1.03. The fraction of sp³-hybridized carbons (Fsp3) is 0.909. The van der Waals surface area contributed by atoms with Crippen LogP contribution in [0.15, 0.2) is 0 Å². The molecule has 15 heteroatoms. The second kappa shape index (κ2) is 5.73. The number of ether oxygens (including phenoxy) is 2. The topological polar surface area (TPSA) is 136 Å². The summed E-state index contributed by atoms with van der Waals surface area (Å²) in [6.07, 6.45) is -7.44. The maximum Gasteiger partial charge on any atom is 0.396 e. The molecule has 150 valence electrons. The quantitative estimate of drug-likeness (QED) is 0.243. The number of alkyl halides is 4. The van der Waals surface area contributed by atoms with E-state index >= 15 is 0 Å². The number of carbonyl (C=O) groups excluding carboxylic acids is 1. The Morgan fingerprint density at radius 2 is 1.85 bits per heavy atom. The van der Waals surface area contributed by atoms with E-state index in [0.29, 0.717) is 0 Å². The van der Waals surface area contributed by atoms with Gasteiger partial charge in [-0.05, 0) is 6.42 Å². The van der Waals surface area contributed by atoms with Gasteiger partial charge in [-0.15, -0.1) is 0 Å². The smallest absolute Gasteiger partial charge is 0.396 e. The van der Waals surface area contributed by atoms with Gasteiger partial charge >= 0.3 is 17.1 Å². The van der Waals surface area contributed by atoms with Crippen molar-refractivity contribution in [3.63, 3.8) is 0 Å². The Bertz CT molecular complexity index is 825. The maximum absolute atomic E-state index is 13.3. The lowest BCUT2D eigenvalue weighted by Gasteiger charge is -2.28. The third kappa shape index (κ3) is 2.89.